The molecule has 1 heterocycles. The summed E-state index contributed by atoms with van der Waals surface area (Å²) >= 11 is 0. The summed E-state index contributed by atoms with van der Waals surface area (Å²) in [5, 5.41) is 3.95. The first-order chi connectivity index (χ1) is 17.1. The highest BCUT2D eigenvalue weighted by Crippen LogP contribution is 2.16. The highest BCUT2D eigenvalue weighted by Gasteiger charge is 2.17. The smallest absolute Gasteiger partial charge is 0.338 e. The highest BCUT2D eigenvalue weighted by atomic mass is 19.1. The molecule has 1 aromatic heterocycles. The maximum atomic E-state index is 13.2. The van der Waals surface area contributed by atoms with E-state index in [0.29, 0.717) is 23.1 Å². The van der Waals surface area contributed by atoms with E-state index < -0.39 is 11.6 Å². The first-order valence-corrected chi connectivity index (χ1v) is 11.6. The van der Waals surface area contributed by atoms with Gasteiger partial charge < -0.3 is 14.6 Å². The van der Waals surface area contributed by atoms with E-state index in [-0.39, 0.29) is 23.8 Å². The van der Waals surface area contributed by atoms with Crippen LogP contribution < -0.4 is 10.9 Å². The number of carbonyl (C=O) groups excluding carboxylic acids is 2. The molecule has 6 nitrogen and oxygen atoms in total. The summed E-state index contributed by atoms with van der Waals surface area (Å²) in [6.07, 6.45) is 1.71. The number of ether oxygens (including phenoxy) is 1. The number of pyridine rings is 1. The van der Waals surface area contributed by atoms with Crippen molar-refractivity contribution in [3.8, 4) is 0 Å². The van der Waals surface area contributed by atoms with E-state index in [2.05, 4.69) is 5.32 Å². The van der Waals surface area contributed by atoms with Crippen molar-refractivity contribution in [2.75, 3.05) is 0 Å². The lowest BCUT2D eigenvalue weighted by atomic mass is 10.1. The van der Waals surface area contributed by atoms with Gasteiger partial charge in [-0.3, -0.25) is 9.59 Å². The molecular formula is C29H27FN2O4. The molecule has 0 unspecified atom stereocenters. The van der Waals surface area contributed by atoms with Gasteiger partial charge >= 0.3 is 5.97 Å². The molecule has 0 atom stereocenters. The predicted molar refractivity (Wildman–Crippen MR) is 136 cm³/mol. The minimum Gasteiger partial charge on any atom is -0.456 e. The Morgan fingerprint density at radius 2 is 1.53 bits per heavy atom. The van der Waals surface area contributed by atoms with Gasteiger partial charge in [0.2, 0.25) is 0 Å². The van der Waals surface area contributed by atoms with E-state index in [4.69, 9.17) is 4.74 Å². The maximum Gasteiger partial charge on any atom is 0.338 e. The van der Waals surface area contributed by atoms with Crippen molar-refractivity contribution >= 4 is 22.6 Å². The number of carbonyl (C=O) groups is 2. The second kappa shape index (κ2) is 10.2. The van der Waals surface area contributed by atoms with Crippen LogP contribution in [0.4, 0.5) is 4.39 Å². The summed E-state index contributed by atoms with van der Waals surface area (Å²) in [4.78, 5) is 38.1. The summed E-state index contributed by atoms with van der Waals surface area (Å²) in [7, 11) is 0. The summed E-state index contributed by atoms with van der Waals surface area (Å²) in [6.45, 7) is 5.99. The average Bonchev–Trinajstić information content (AvgIpc) is 2.84. The van der Waals surface area contributed by atoms with Crippen LogP contribution in [0.25, 0.3) is 10.8 Å². The molecule has 0 spiro atoms. The Morgan fingerprint density at radius 1 is 0.889 bits per heavy atom. The molecule has 4 aromatic rings. The lowest BCUT2D eigenvalue weighted by molar-refractivity contribution is 0.00694. The van der Waals surface area contributed by atoms with Crippen molar-refractivity contribution in [2.24, 2.45) is 0 Å². The summed E-state index contributed by atoms with van der Waals surface area (Å²) in [5.74, 6) is -1.06. The van der Waals surface area contributed by atoms with Crippen LogP contribution in [0.5, 0.6) is 0 Å². The lowest BCUT2D eigenvalue weighted by Gasteiger charge is -2.19. The Labute approximate surface area is 208 Å². The predicted octanol–water partition coefficient (Wildman–Crippen LogP) is 5.07. The van der Waals surface area contributed by atoms with Crippen LogP contribution in [0.2, 0.25) is 0 Å². The van der Waals surface area contributed by atoms with Gasteiger partial charge in [0.15, 0.2) is 0 Å². The lowest BCUT2D eigenvalue weighted by Crippen LogP contribution is -2.24. The number of halogens is 1. The number of fused-ring (bicyclic) bond motifs is 1. The van der Waals surface area contributed by atoms with Crippen molar-refractivity contribution in [3.63, 3.8) is 0 Å². The van der Waals surface area contributed by atoms with Crippen LogP contribution in [-0.4, -0.2) is 22.0 Å². The molecule has 7 heteroatoms. The first kappa shape index (κ1) is 24.9. The van der Waals surface area contributed by atoms with Crippen molar-refractivity contribution in [3.05, 3.63) is 117 Å². The van der Waals surface area contributed by atoms with E-state index in [0.717, 1.165) is 16.5 Å². The zero-order valence-corrected chi connectivity index (χ0v) is 20.4. The first-order valence-electron chi connectivity index (χ1n) is 11.6. The quantitative estimate of drug-likeness (QED) is 0.386. The number of amides is 1. The number of esters is 1. The number of aromatic nitrogens is 1. The van der Waals surface area contributed by atoms with Gasteiger partial charge in [0.25, 0.3) is 11.5 Å². The number of hydrogen-bond acceptors (Lipinski definition) is 4. The number of nitrogens with one attached hydrogen (secondary N) is 1. The topological polar surface area (TPSA) is 77.4 Å². The van der Waals surface area contributed by atoms with Crippen molar-refractivity contribution in [1.29, 1.82) is 0 Å². The molecule has 0 saturated heterocycles. The maximum absolute atomic E-state index is 13.2. The number of benzene rings is 3. The van der Waals surface area contributed by atoms with Crippen LogP contribution in [0.15, 0.2) is 83.8 Å². The van der Waals surface area contributed by atoms with E-state index in [1.54, 1.807) is 65.4 Å². The molecule has 0 aliphatic carbocycles. The summed E-state index contributed by atoms with van der Waals surface area (Å²) in [5.41, 5.74) is 1.61. The van der Waals surface area contributed by atoms with Gasteiger partial charge in [-0.25, -0.2) is 9.18 Å². The monoisotopic (exact) mass is 486 g/mol. The molecule has 0 aliphatic heterocycles. The second-order valence-electron chi connectivity index (χ2n) is 9.56. The summed E-state index contributed by atoms with van der Waals surface area (Å²) in [6, 6.07) is 19.6. The van der Waals surface area contributed by atoms with Gasteiger partial charge in [-0.1, -0.05) is 30.3 Å². The van der Waals surface area contributed by atoms with Crippen LogP contribution in [-0.2, 0) is 17.8 Å². The Bertz CT molecular complexity index is 1470. The van der Waals surface area contributed by atoms with E-state index in [1.807, 2.05) is 26.8 Å². The second-order valence-corrected chi connectivity index (χ2v) is 9.56. The molecule has 0 bridgehead atoms. The Morgan fingerprint density at radius 3 is 2.19 bits per heavy atom. The van der Waals surface area contributed by atoms with E-state index in [1.165, 1.54) is 12.1 Å². The molecular weight excluding hydrogens is 459 g/mol. The molecule has 1 N–H and O–H groups in total. The Balaban J connectivity index is 1.50. The third-order valence-electron chi connectivity index (χ3n) is 5.55. The van der Waals surface area contributed by atoms with Crippen LogP contribution >= 0.6 is 0 Å². The molecule has 36 heavy (non-hydrogen) atoms. The average molecular weight is 487 g/mol. The van der Waals surface area contributed by atoms with Crippen molar-refractivity contribution < 1.29 is 18.7 Å². The number of nitrogens with zero attached hydrogens (tertiary/aromatic N) is 1. The zero-order chi connectivity index (χ0) is 25.9. The van der Waals surface area contributed by atoms with Crippen molar-refractivity contribution in [1.82, 2.24) is 9.88 Å². The van der Waals surface area contributed by atoms with E-state index in [9.17, 15) is 18.8 Å². The zero-order valence-electron chi connectivity index (χ0n) is 20.4. The summed E-state index contributed by atoms with van der Waals surface area (Å²) < 4.78 is 20.0. The van der Waals surface area contributed by atoms with Crippen LogP contribution in [0, 0.1) is 5.82 Å². The third-order valence-corrected chi connectivity index (χ3v) is 5.55. The Kier molecular flexibility index (Phi) is 7.01. The van der Waals surface area contributed by atoms with Gasteiger partial charge in [0.1, 0.15) is 11.4 Å². The largest absolute Gasteiger partial charge is 0.456 e. The fraction of sp³-hybridized carbons (Fsp3) is 0.207. The minimum atomic E-state index is -0.578. The minimum absolute atomic E-state index is 0.225. The molecule has 0 aliphatic rings. The van der Waals surface area contributed by atoms with Gasteiger partial charge in [-0.15, -0.1) is 0 Å². The molecule has 1 amide bonds. The van der Waals surface area contributed by atoms with Gasteiger partial charge in [0.05, 0.1) is 12.1 Å². The molecule has 0 saturated carbocycles. The standard InChI is InChI=1S/C29H27FN2O4/c1-29(2,3)36-28(35)22-8-4-20(5-9-22)18-32-15-14-21-10-11-23(16-25(21)27(32)34)26(33)31-17-19-6-12-24(30)13-7-19/h4-16H,17-18H2,1-3H3,(H,31,33). The molecule has 0 radical (unpaired) electrons. The highest BCUT2D eigenvalue weighted by molar-refractivity contribution is 5.98. The fourth-order valence-electron chi connectivity index (χ4n) is 3.71. The molecule has 4 rings (SSSR count). The molecule has 184 valence electrons. The van der Waals surface area contributed by atoms with Crippen LogP contribution in [0.1, 0.15) is 52.6 Å². The fourth-order valence-corrected chi connectivity index (χ4v) is 3.71. The number of rotatable bonds is 6. The molecule has 0 fully saturated rings. The third kappa shape index (κ3) is 6.05. The van der Waals surface area contributed by atoms with Gasteiger partial charge in [-0.2, -0.15) is 0 Å². The SMILES string of the molecule is CC(C)(C)OC(=O)c1ccc(Cn2ccc3ccc(C(=O)NCc4ccc(F)cc4)cc3c2=O)cc1. The Hall–Kier alpha value is -4.26. The van der Waals surface area contributed by atoms with Crippen molar-refractivity contribution in [2.45, 2.75) is 39.5 Å². The normalized spacial score (nSPS) is 11.3. The van der Waals surface area contributed by atoms with Gasteiger partial charge in [0, 0.05) is 23.7 Å². The van der Waals surface area contributed by atoms with E-state index >= 15 is 0 Å². The number of hydrogen-bond donors (Lipinski definition) is 1. The van der Waals surface area contributed by atoms with Crippen LogP contribution in [0.3, 0.4) is 0 Å². The van der Waals surface area contributed by atoms with Gasteiger partial charge in [-0.05, 0) is 79.7 Å². The molecule has 3 aromatic carbocycles.